The first-order valence-electron chi connectivity index (χ1n) is 21.1. The second kappa shape index (κ2) is 35.9. The minimum atomic E-state index is -4.59. The fraction of sp³-hybridized carbons (Fsp3) is 0.750. The SMILES string of the molecule is CC/C=C\C/C=C\C/C=C\C/C=C\C/C=C\CC(=O)NC(COP(=O)([O-])OCC[N+](C)(C)C)C(O)CCCCCCCCCCCCCCCCCC. The largest absolute Gasteiger partial charge is 0.756 e. The van der Waals surface area contributed by atoms with E-state index in [4.69, 9.17) is 9.05 Å². The van der Waals surface area contributed by atoms with Crippen LogP contribution in [0.5, 0.6) is 0 Å². The molecule has 53 heavy (non-hydrogen) atoms. The first-order chi connectivity index (χ1) is 25.5. The molecule has 3 atom stereocenters. The molecule has 0 aliphatic rings. The Morgan fingerprint density at radius 3 is 1.51 bits per heavy atom. The van der Waals surface area contributed by atoms with E-state index in [0.717, 1.165) is 44.9 Å². The van der Waals surface area contributed by atoms with Crippen molar-refractivity contribution < 1.29 is 32.9 Å². The van der Waals surface area contributed by atoms with E-state index in [0.29, 0.717) is 23.9 Å². The van der Waals surface area contributed by atoms with Crippen LogP contribution in [0.25, 0.3) is 0 Å². The van der Waals surface area contributed by atoms with Crippen molar-refractivity contribution in [3.63, 3.8) is 0 Å². The van der Waals surface area contributed by atoms with E-state index in [-0.39, 0.29) is 25.5 Å². The van der Waals surface area contributed by atoms with Crippen molar-refractivity contribution in [2.24, 2.45) is 0 Å². The van der Waals surface area contributed by atoms with Gasteiger partial charge in [0.15, 0.2) is 0 Å². The number of phosphoric ester groups is 1. The minimum Gasteiger partial charge on any atom is -0.756 e. The monoisotopic (exact) mass is 765 g/mol. The van der Waals surface area contributed by atoms with Crippen molar-refractivity contribution in [3.05, 3.63) is 60.8 Å². The van der Waals surface area contributed by atoms with Gasteiger partial charge in [-0.05, 0) is 38.5 Å². The molecule has 0 spiro atoms. The van der Waals surface area contributed by atoms with Crippen LogP contribution in [-0.2, 0) is 18.4 Å². The van der Waals surface area contributed by atoms with Crippen molar-refractivity contribution in [2.45, 2.75) is 174 Å². The van der Waals surface area contributed by atoms with Crippen LogP contribution >= 0.6 is 7.82 Å². The van der Waals surface area contributed by atoms with Gasteiger partial charge in [-0.15, -0.1) is 0 Å². The van der Waals surface area contributed by atoms with E-state index < -0.39 is 20.0 Å². The van der Waals surface area contributed by atoms with Gasteiger partial charge < -0.3 is 28.8 Å². The van der Waals surface area contributed by atoms with Crippen LogP contribution in [0.1, 0.15) is 162 Å². The number of allylic oxidation sites excluding steroid dienone is 9. The summed E-state index contributed by atoms with van der Waals surface area (Å²) >= 11 is 0. The van der Waals surface area contributed by atoms with E-state index in [1.807, 2.05) is 27.2 Å². The number of quaternary nitrogens is 1. The first-order valence-corrected chi connectivity index (χ1v) is 22.6. The number of aliphatic hydroxyl groups is 1. The summed E-state index contributed by atoms with van der Waals surface area (Å²) in [4.78, 5) is 25.2. The van der Waals surface area contributed by atoms with Crippen LogP contribution in [-0.4, -0.2) is 68.5 Å². The second-order valence-corrected chi connectivity index (χ2v) is 16.7. The molecule has 0 fully saturated rings. The topological polar surface area (TPSA) is 108 Å². The number of unbranched alkanes of at least 4 members (excludes halogenated alkanes) is 15. The number of rotatable bonds is 37. The Kier molecular flexibility index (Phi) is 34.7. The van der Waals surface area contributed by atoms with Crippen LogP contribution < -0.4 is 10.2 Å². The Bertz CT molecular complexity index is 1050. The molecule has 0 aromatic rings. The second-order valence-electron chi connectivity index (χ2n) is 15.3. The normalized spacial score (nSPS) is 15.1. The molecular formula is C44H81N2O6P. The van der Waals surface area contributed by atoms with Crippen molar-refractivity contribution in [3.8, 4) is 0 Å². The van der Waals surface area contributed by atoms with Gasteiger partial charge >= 0.3 is 0 Å². The Morgan fingerprint density at radius 1 is 0.660 bits per heavy atom. The van der Waals surface area contributed by atoms with Gasteiger partial charge in [0.1, 0.15) is 13.2 Å². The van der Waals surface area contributed by atoms with Gasteiger partial charge in [0.25, 0.3) is 7.82 Å². The molecule has 0 aliphatic heterocycles. The van der Waals surface area contributed by atoms with E-state index in [2.05, 4.69) is 67.8 Å². The number of nitrogens with zero attached hydrogens (tertiary/aromatic N) is 1. The third-order valence-electron chi connectivity index (χ3n) is 9.05. The predicted octanol–water partition coefficient (Wildman–Crippen LogP) is 10.8. The predicted molar refractivity (Wildman–Crippen MR) is 224 cm³/mol. The molecule has 2 N–H and O–H groups in total. The summed E-state index contributed by atoms with van der Waals surface area (Å²) in [6, 6.07) is -0.856. The molecule has 3 unspecified atom stereocenters. The van der Waals surface area contributed by atoms with Crippen LogP contribution in [0.2, 0.25) is 0 Å². The van der Waals surface area contributed by atoms with Gasteiger partial charge in [-0.2, -0.15) is 0 Å². The number of carbonyl (C=O) groups excluding carboxylic acids is 1. The highest BCUT2D eigenvalue weighted by molar-refractivity contribution is 7.45. The molecule has 9 heteroatoms. The number of aliphatic hydroxyl groups excluding tert-OH is 1. The van der Waals surface area contributed by atoms with Crippen molar-refractivity contribution in [1.82, 2.24) is 5.32 Å². The van der Waals surface area contributed by atoms with Gasteiger partial charge in [0.2, 0.25) is 5.91 Å². The molecule has 8 nitrogen and oxygen atoms in total. The van der Waals surface area contributed by atoms with Gasteiger partial charge in [0, 0.05) is 6.42 Å². The quantitative estimate of drug-likeness (QED) is 0.0282. The number of hydrogen-bond donors (Lipinski definition) is 2. The van der Waals surface area contributed by atoms with Gasteiger partial charge in [-0.25, -0.2) is 0 Å². The van der Waals surface area contributed by atoms with Crippen molar-refractivity contribution in [1.29, 1.82) is 0 Å². The summed E-state index contributed by atoms with van der Waals surface area (Å²) in [7, 11) is 1.24. The molecule has 0 aromatic heterocycles. The Balaban J connectivity index is 4.55. The molecule has 0 aliphatic carbocycles. The highest BCUT2D eigenvalue weighted by Crippen LogP contribution is 2.38. The molecule has 0 saturated heterocycles. The number of amides is 1. The molecule has 0 aromatic carbocycles. The zero-order valence-corrected chi connectivity index (χ0v) is 35.6. The lowest BCUT2D eigenvalue weighted by atomic mass is 10.0. The fourth-order valence-electron chi connectivity index (χ4n) is 5.69. The summed E-state index contributed by atoms with van der Waals surface area (Å²) in [5.41, 5.74) is 0. The van der Waals surface area contributed by atoms with Crippen LogP contribution in [0.15, 0.2) is 60.8 Å². The molecule has 0 heterocycles. The zero-order chi connectivity index (χ0) is 39.3. The van der Waals surface area contributed by atoms with E-state index in [1.54, 1.807) is 6.08 Å². The molecule has 0 rings (SSSR count). The minimum absolute atomic E-state index is 0.00682. The Morgan fingerprint density at radius 2 is 1.08 bits per heavy atom. The lowest BCUT2D eigenvalue weighted by Crippen LogP contribution is -2.46. The van der Waals surface area contributed by atoms with Crippen molar-refractivity contribution >= 4 is 13.7 Å². The summed E-state index contributed by atoms with van der Waals surface area (Å²) in [5, 5.41) is 13.8. The average molecular weight is 765 g/mol. The molecular weight excluding hydrogens is 683 g/mol. The third kappa shape index (κ3) is 38.3. The average Bonchev–Trinajstić information content (AvgIpc) is 3.10. The highest BCUT2D eigenvalue weighted by Gasteiger charge is 2.24. The first kappa shape index (κ1) is 51.2. The highest BCUT2D eigenvalue weighted by atomic mass is 31.2. The summed E-state index contributed by atoms with van der Waals surface area (Å²) in [6.07, 6.45) is 45.4. The number of hydrogen-bond acceptors (Lipinski definition) is 6. The lowest BCUT2D eigenvalue weighted by Gasteiger charge is -2.30. The zero-order valence-electron chi connectivity index (χ0n) is 34.7. The van der Waals surface area contributed by atoms with Crippen molar-refractivity contribution in [2.75, 3.05) is 40.9 Å². The molecule has 308 valence electrons. The lowest BCUT2D eigenvalue weighted by molar-refractivity contribution is -0.870. The van der Waals surface area contributed by atoms with Gasteiger partial charge in [0.05, 0.1) is 39.9 Å². The molecule has 1 amide bonds. The standard InChI is InChI=1S/C44H81N2O6P/c1-6-8-10-12-14-16-18-20-22-24-25-27-29-31-33-35-37-43(47)42(41-52-53(49,50)51-40-39-46(3,4)5)45-44(48)38-36-34-32-30-28-26-23-21-19-17-15-13-11-9-7-2/h9,11,15,17,21,23,28,30,34,36,42-43,47H,6-8,10,12-14,16,18-20,22,24-27,29,31-33,35,37-41H2,1-5H3,(H-,45,48,49,50)/b11-9-,17-15-,23-21-,30-28-,36-34-. The summed E-state index contributed by atoms with van der Waals surface area (Å²) in [5.74, 6) is -0.294. The smallest absolute Gasteiger partial charge is 0.268 e. The van der Waals surface area contributed by atoms with Gasteiger partial charge in [-0.1, -0.05) is 177 Å². The summed E-state index contributed by atoms with van der Waals surface area (Å²) < 4.78 is 23.2. The summed E-state index contributed by atoms with van der Waals surface area (Å²) in [6.45, 7) is 4.51. The number of likely N-dealkylation sites (N-methyl/N-ethyl adjacent to an activating group) is 1. The van der Waals surface area contributed by atoms with Crippen LogP contribution in [0.4, 0.5) is 0 Å². The number of carbonyl (C=O) groups is 1. The molecule has 0 saturated carbocycles. The van der Waals surface area contributed by atoms with Crippen LogP contribution in [0.3, 0.4) is 0 Å². The Hall–Kier alpha value is -1.80. The van der Waals surface area contributed by atoms with Gasteiger partial charge in [-0.3, -0.25) is 9.36 Å². The maximum absolute atomic E-state index is 12.8. The number of nitrogens with one attached hydrogen (secondary N) is 1. The Labute approximate surface area is 326 Å². The van der Waals surface area contributed by atoms with E-state index >= 15 is 0 Å². The maximum Gasteiger partial charge on any atom is 0.268 e. The fourth-order valence-corrected chi connectivity index (χ4v) is 6.42. The van der Waals surface area contributed by atoms with E-state index in [1.165, 1.54) is 83.5 Å². The number of phosphoric acid groups is 1. The van der Waals surface area contributed by atoms with E-state index in [9.17, 15) is 19.4 Å². The molecule has 0 bridgehead atoms. The third-order valence-corrected chi connectivity index (χ3v) is 10.0. The van der Waals surface area contributed by atoms with Crippen LogP contribution in [0, 0.1) is 0 Å². The molecule has 0 radical (unpaired) electrons. The maximum atomic E-state index is 12.8.